The van der Waals surface area contributed by atoms with Crippen molar-refractivity contribution in [2.24, 2.45) is 0 Å². The third-order valence-corrected chi connectivity index (χ3v) is 5.93. The van der Waals surface area contributed by atoms with Crippen LogP contribution in [0.3, 0.4) is 0 Å². The van der Waals surface area contributed by atoms with Crippen LogP contribution in [0.1, 0.15) is 11.6 Å². The van der Waals surface area contributed by atoms with Crippen molar-refractivity contribution in [3.8, 4) is 0 Å². The maximum Gasteiger partial charge on any atom is 0.250 e. The van der Waals surface area contributed by atoms with Crippen molar-refractivity contribution in [1.82, 2.24) is 4.72 Å². The Morgan fingerprint density at radius 1 is 1.17 bits per heavy atom. The van der Waals surface area contributed by atoms with Crippen LogP contribution in [-0.2, 0) is 10.0 Å². The molecule has 0 saturated carbocycles. The Morgan fingerprint density at radius 2 is 1.89 bits per heavy atom. The molecule has 2 rings (SSSR count). The summed E-state index contributed by atoms with van der Waals surface area (Å²) in [6.07, 6.45) is 0. The van der Waals surface area contributed by atoms with E-state index in [0.29, 0.717) is 9.54 Å². The molecule has 0 aliphatic heterocycles. The summed E-state index contributed by atoms with van der Waals surface area (Å²) in [6, 6.07) is 12.6. The van der Waals surface area contributed by atoms with Crippen LogP contribution in [-0.4, -0.2) is 13.7 Å². The van der Waals surface area contributed by atoms with Gasteiger partial charge in [0.2, 0.25) is 0 Å². The lowest BCUT2D eigenvalue weighted by Crippen LogP contribution is -2.29. The van der Waals surface area contributed by atoms with Gasteiger partial charge < -0.3 is 0 Å². The number of thiophene rings is 1. The quantitative estimate of drug-likeness (QED) is 0.846. The van der Waals surface area contributed by atoms with E-state index in [2.05, 4.69) is 20.7 Å². The van der Waals surface area contributed by atoms with E-state index >= 15 is 0 Å². The van der Waals surface area contributed by atoms with Gasteiger partial charge in [-0.25, -0.2) is 13.1 Å². The Morgan fingerprint density at radius 3 is 2.44 bits per heavy atom. The Balaban J connectivity index is 2.22. The largest absolute Gasteiger partial charge is 0.250 e. The number of hydrogen-bond acceptors (Lipinski definition) is 3. The smallest absolute Gasteiger partial charge is 0.206 e. The van der Waals surface area contributed by atoms with Crippen LogP contribution >= 0.6 is 27.3 Å². The molecular formula is C12H12BrNO2S2. The van der Waals surface area contributed by atoms with Gasteiger partial charge in [-0.05, 0) is 17.0 Å². The number of benzene rings is 1. The minimum atomic E-state index is -3.44. The van der Waals surface area contributed by atoms with Crippen molar-refractivity contribution in [3.63, 3.8) is 0 Å². The molecule has 1 atom stereocenters. The number of alkyl halides is 1. The summed E-state index contributed by atoms with van der Waals surface area (Å²) < 4.78 is 27.3. The number of rotatable bonds is 5. The third-order valence-electron chi connectivity index (χ3n) is 2.41. The lowest BCUT2D eigenvalue weighted by molar-refractivity contribution is 0.571. The van der Waals surface area contributed by atoms with Gasteiger partial charge in [-0.3, -0.25) is 0 Å². The summed E-state index contributed by atoms with van der Waals surface area (Å²) in [4.78, 5) is 0. The number of nitrogens with one attached hydrogen (secondary N) is 1. The highest BCUT2D eigenvalue weighted by Gasteiger charge is 2.21. The second kappa shape index (κ2) is 5.97. The molecule has 0 aliphatic carbocycles. The first-order valence-electron chi connectivity index (χ1n) is 5.30. The topological polar surface area (TPSA) is 46.2 Å². The molecule has 1 heterocycles. The van der Waals surface area contributed by atoms with E-state index in [0.717, 1.165) is 5.56 Å². The average molecular weight is 346 g/mol. The summed E-state index contributed by atoms with van der Waals surface area (Å²) in [5.41, 5.74) is 0.939. The van der Waals surface area contributed by atoms with Gasteiger partial charge in [-0.2, -0.15) is 0 Å². The summed E-state index contributed by atoms with van der Waals surface area (Å²) in [6.45, 7) is 0. The second-order valence-corrected chi connectivity index (χ2v) is 7.21. The van der Waals surface area contributed by atoms with Crippen LogP contribution in [0.5, 0.6) is 0 Å². The molecule has 0 saturated heterocycles. The van der Waals surface area contributed by atoms with Crippen molar-refractivity contribution in [3.05, 3.63) is 53.4 Å². The fourth-order valence-corrected chi connectivity index (χ4v) is 4.52. The Labute approximate surface area is 119 Å². The van der Waals surface area contributed by atoms with Gasteiger partial charge in [0.1, 0.15) is 4.21 Å². The lowest BCUT2D eigenvalue weighted by atomic mass is 10.1. The predicted molar refractivity (Wildman–Crippen MR) is 77.6 cm³/mol. The standard InChI is InChI=1S/C12H12BrNO2S2/c13-9-11(10-5-2-1-3-6-10)14-18(15,16)12-7-4-8-17-12/h1-8,11,14H,9H2. The van der Waals surface area contributed by atoms with E-state index in [1.54, 1.807) is 17.5 Å². The Bertz CT molecular complexity index is 582. The van der Waals surface area contributed by atoms with Crippen molar-refractivity contribution < 1.29 is 8.42 Å². The molecule has 1 aromatic heterocycles. The molecule has 0 bridgehead atoms. The maximum absolute atomic E-state index is 12.1. The van der Waals surface area contributed by atoms with Gasteiger partial charge in [0.15, 0.2) is 0 Å². The highest BCUT2D eigenvalue weighted by Crippen LogP contribution is 2.21. The zero-order valence-corrected chi connectivity index (χ0v) is 12.6. The molecule has 0 aliphatic rings. The van der Waals surface area contributed by atoms with E-state index in [1.807, 2.05) is 30.3 Å². The van der Waals surface area contributed by atoms with Gasteiger partial charge in [-0.1, -0.05) is 52.3 Å². The molecule has 96 valence electrons. The molecule has 18 heavy (non-hydrogen) atoms. The number of hydrogen-bond donors (Lipinski definition) is 1. The Kier molecular flexibility index (Phi) is 4.55. The van der Waals surface area contributed by atoms with Gasteiger partial charge in [0.05, 0.1) is 6.04 Å². The molecule has 0 spiro atoms. The highest BCUT2D eigenvalue weighted by atomic mass is 79.9. The molecular weight excluding hydrogens is 334 g/mol. The summed E-state index contributed by atoms with van der Waals surface area (Å²) in [7, 11) is -3.44. The van der Waals surface area contributed by atoms with Gasteiger partial charge in [-0.15, -0.1) is 11.3 Å². The molecule has 3 nitrogen and oxygen atoms in total. The van der Waals surface area contributed by atoms with Crippen molar-refractivity contribution in [2.45, 2.75) is 10.3 Å². The summed E-state index contributed by atoms with van der Waals surface area (Å²) >= 11 is 4.56. The number of halogens is 1. The van der Waals surface area contributed by atoms with Gasteiger partial charge in [0.25, 0.3) is 10.0 Å². The first kappa shape index (κ1) is 13.7. The molecule has 0 fully saturated rings. The van der Waals surface area contributed by atoms with Crippen LogP contribution < -0.4 is 4.72 Å². The molecule has 2 aromatic rings. The maximum atomic E-state index is 12.1. The molecule has 0 radical (unpaired) electrons. The minimum absolute atomic E-state index is 0.265. The minimum Gasteiger partial charge on any atom is -0.206 e. The van der Waals surface area contributed by atoms with Crippen molar-refractivity contribution >= 4 is 37.3 Å². The van der Waals surface area contributed by atoms with Crippen molar-refractivity contribution in [2.75, 3.05) is 5.33 Å². The lowest BCUT2D eigenvalue weighted by Gasteiger charge is -2.16. The summed E-state index contributed by atoms with van der Waals surface area (Å²) in [5.74, 6) is 0. The Hall–Kier alpha value is -0.690. The monoisotopic (exact) mass is 345 g/mol. The predicted octanol–water partition coefficient (Wildman–Crippen LogP) is 3.16. The average Bonchev–Trinajstić information content (AvgIpc) is 2.92. The molecule has 0 amide bonds. The van der Waals surface area contributed by atoms with Crippen LogP contribution in [0.4, 0.5) is 0 Å². The second-order valence-electron chi connectivity index (χ2n) is 3.67. The van der Waals surface area contributed by atoms with Gasteiger partial charge in [0, 0.05) is 5.33 Å². The van der Waals surface area contributed by atoms with E-state index in [1.165, 1.54) is 11.3 Å². The fraction of sp³-hybridized carbons (Fsp3) is 0.167. The van der Waals surface area contributed by atoms with Crippen LogP contribution in [0, 0.1) is 0 Å². The van der Waals surface area contributed by atoms with E-state index < -0.39 is 10.0 Å². The van der Waals surface area contributed by atoms with Crippen LogP contribution in [0.2, 0.25) is 0 Å². The van der Waals surface area contributed by atoms with E-state index in [-0.39, 0.29) is 6.04 Å². The van der Waals surface area contributed by atoms with Crippen LogP contribution in [0.15, 0.2) is 52.1 Å². The molecule has 1 aromatic carbocycles. The summed E-state index contributed by atoms with van der Waals surface area (Å²) in [5, 5.41) is 2.28. The van der Waals surface area contributed by atoms with E-state index in [9.17, 15) is 8.42 Å². The fourth-order valence-electron chi connectivity index (χ4n) is 1.54. The normalized spacial score (nSPS) is 13.4. The molecule has 1 N–H and O–H groups in total. The number of sulfonamides is 1. The first-order valence-corrected chi connectivity index (χ1v) is 8.78. The van der Waals surface area contributed by atoms with Crippen LogP contribution in [0.25, 0.3) is 0 Å². The third kappa shape index (κ3) is 3.20. The van der Waals surface area contributed by atoms with E-state index in [4.69, 9.17) is 0 Å². The molecule has 6 heteroatoms. The zero-order chi connectivity index (χ0) is 13.0. The first-order chi connectivity index (χ1) is 8.63. The zero-order valence-electron chi connectivity index (χ0n) is 9.41. The van der Waals surface area contributed by atoms with Gasteiger partial charge >= 0.3 is 0 Å². The highest BCUT2D eigenvalue weighted by molar-refractivity contribution is 9.09. The molecule has 1 unspecified atom stereocenters. The van der Waals surface area contributed by atoms with Crippen molar-refractivity contribution in [1.29, 1.82) is 0 Å². The SMILES string of the molecule is O=S(=O)(NC(CBr)c1ccccc1)c1cccs1.